The molecule has 0 saturated carbocycles. The maximum absolute atomic E-state index is 12.7. The standard InChI is InChI=1S/C20H33NO3/c1-7-10-11-20(6,24-9-3)19(22)21-17-13-15(4)18(16(5)14-17)23-12-8-2/h13-14H,7-12H2,1-6H3,(H,21,22)/t20-/m0/s1. The first-order chi connectivity index (χ1) is 11.4. The van der Waals surface area contributed by atoms with E-state index in [0.29, 0.717) is 13.2 Å². The Bertz CT molecular complexity index is 519. The topological polar surface area (TPSA) is 47.6 Å². The number of amides is 1. The molecule has 1 N–H and O–H groups in total. The number of unbranched alkanes of at least 4 members (excludes halogenated alkanes) is 1. The Morgan fingerprint density at radius 2 is 1.75 bits per heavy atom. The molecule has 0 unspecified atom stereocenters. The van der Waals surface area contributed by atoms with Gasteiger partial charge in [-0.3, -0.25) is 4.79 Å². The van der Waals surface area contributed by atoms with E-state index in [-0.39, 0.29) is 5.91 Å². The second-order valence-electron chi connectivity index (χ2n) is 6.51. The Hall–Kier alpha value is -1.55. The first-order valence-corrected chi connectivity index (χ1v) is 9.07. The molecule has 0 saturated heterocycles. The van der Waals surface area contributed by atoms with Crippen molar-refractivity contribution in [1.82, 2.24) is 0 Å². The van der Waals surface area contributed by atoms with E-state index in [0.717, 1.165) is 48.2 Å². The summed E-state index contributed by atoms with van der Waals surface area (Å²) in [5.41, 5.74) is 2.07. The van der Waals surface area contributed by atoms with Gasteiger partial charge in [0.2, 0.25) is 0 Å². The highest BCUT2D eigenvalue weighted by atomic mass is 16.5. The number of benzene rings is 1. The van der Waals surface area contributed by atoms with Gasteiger partial charge in [-0.1, -0.05) is 26.7 Å². The smallest absolute Gasteiger partial charge is 0.256 e. The first-order valence-electron chi connectivity index (χ1n) is 9.07. The molecule has 136 valence electrons. The van der Waals surface area contributed by atoms with Gasteiger partial charge >= 0.3 is 0 Å². The monoisotopic (exact) mass is 335 g/mol. The summed E-state index contributed by atoms with van der Waals surface area (Å²) < 4.78 is 11.6. The molecule has 0 aliphatic heterocycles. The zero-order chi connectivity index (χ0) is 18.2. The van der Waals surface area contributed by atoms with Crippen LogP contribution in [0.15, 0.2) is 12.1 Å². The van der Waals surface area contributed by atoms with Crippen LogP contribution in [0.4, 0.5) is 5.69 Å². The Balaban J connectivity index is 2.92. The van der Waals surface area contributed by atoms with Crippen LogP contribution in [0, 0.1) is 13.8 Å². The summed E-state index contributed by atoms with van der Waals surface area (Å²) in [5.74, 6) is 0.826. The van der Waals surface area contributed by atoms with Gasteiger partial charge in [-0.25, -0.2) is 0 Å². The third-order valence-corrected chi connectivity index (χ3v) is 4.12. The third kappa shape index (κ3) is 5.52. The SMILES string of the molecule is CCCC[C@](C)(OCC)C(=O)Nc1cc(C)c(OCCC)c(C)c1. The number of aryl methyl sites for hydroxylation is 2. The lowest BCUT2D eigenvalue weighted by atomic mass is 9.97. The van der Waals surface area contributed by atoms with Crippen LogP contribution < -0.4 is 10.1 Å². The van der Waals surface area contributed by atoms with E-state index in [1.807, 2.05) is 39.8 Å². The van der Waals surface area contributed by atoms with Crippen molar-refractivity contribution in [3.8, 4) is 5.75 Å². The predicted octanol–water partition coefficient (Wildman–Crippen LogP) is 5.02. The highest BCUT2D eigenvalue weighted by Crippen LogP contribution is 2.29. The first kappa shape index (κ1) is 20.5. The maximum Gasteiger partial charge on any atom is 0.256 e. The number of nitrogens with one attached hydrogen (secondary N) is 1. The van der Waals surface area contributed by atoms with Crippen LogP contribution in [-0.4, -0.2) is 24.7 Å². The second kappa shape index (κ2) is 9.67. The molecule has 0 heterocycles. The summed E-state index contributed by atoms with van der Waals surface area (Å²) in [6.07, 6.45) is 3.70. The molecule has 1 atom stereocenters. The molecule has 0 spiro atoms. The zero-order valence-electron chi connectivity index (χ0n) is 16.1. The van der Waals surface area contributed by atoms with Crippen LogP contribution >= 0.6 is 0 Å². The lowest BCUT2D eigenvalue weighted by Gasteiger charge is -2.28. The predicted molar refractivity (Wildman–Crippen MR) is 99.9 cm³/mol. The van der Waals surface area contributed by atoms with E-state index >= 15 is 0 Å². The maximum atomic E-state index is 12.7. The van der Waals surface area contributed by atoms with Gasteiger partial charge in [0, 0.05) is 12.3 Å². The number of ether oxygens (including phenoxy) is 2. The van der Waals surface area contributed by atoms with Crippen molar-refractivity contribution in [1.29, 1.82) is 0 Å². The highest BCUT2D eigenvalue weighted by molar-refractivity contribution is 5.97. The van der Waals surface area contributed by atoms with Crippen LogP contribution in [0.3, 0.4) is 0 Å². The minimum atomic E-state index is -0.788. The van der Waals surface area contributed by atoms with Gasteiger partial charge in [0.25, 0.3) is 5.91 Å². The van der Waals surface area contributed by atoms with Crippen LogP contribution in [0.1, 0.15) is 64.5 Å². The summed E-state index contributed by atoms with van der Waals surface area (Å²) in [4.78, 5) is 12.7. The van der Waals surface area contributed by atoms with Crippen molar-refractivity contribution in [3.05, 3.63) is 23.3 Å². The number of rotatable bonds is 10. The molecule has 4 nitrogen and oxygen atoms in total. The van der Waals surface area contributed by atoms with E-state index in [2.05, 4.69) is 19.2 Å². The van der Waals surface area contributed by atoms with Crippen molar-refractivity contribution in [2.75, 3.05) is 18.5 Å². The second-order valence-corrected chi connectivity index (χ2v) is 6.51. The van der Waals surface area contributed by atoms with Crippen LogP contribution in [0.5, 0.6) is 5.75 Å². The fourth-order valence-corrected chi connectivity index (χ4v) is 2.80. The fraction of sp³-hybridized carbons (Fsp3) is 0.650. The van der Waals surface area contributed by atoms with Crippen molar-refractivity contribution in [2.45, 2.75) is 72.8 Å². The van der Waals surface area contributed by atoms with Gasteiger partial charge in [0.1, 0.15) is 11.4 Å². The van der Waals surface area contributed by atoms with Crippen LogP contribution in [-0.2, 0) is 9.53 Å². The molecule has 0 aliphatic rings. The number of hydrogen-bond donors (Lipinski definition) is 1. The van der Waals surface area contributed by atoms with Crippen molar-refractivity contribution in [3.63, 3.8) is 0 Å². The number of carbonyl (C=O) groups is 1. The average molecular weight is 335 g/mol. The quantitative estimate of drug-likeness (QED) is 0.653. The van der Waals surface area contributed by atoms with Gasteiger partial charge < -0.3 is 14.8 Å². The van der Waals surface area contributed by atoms with Gasteiger partial charge in [-0.2, -0.15) is 0 Å². The lowest BCUT2D eigenvalue weighted by Crippen LogP contribution is -2.42. The Kier molecular flexibility index (Phi) is 8.26. The van der Waals surface area contributed by atoms with Crippen molar-refractivity contribution < 1.29 is 14.3 Å². The normalized spacial score (nSPS) is 13.4. The minimum Gasteiger partial charge on any atom is -0.493 e. The van der Waals surface area contributed by atoms with E-state index in [4.69, 9.17) is 9.47 Å². The molecule has 1 aromatic rings. The molecule has 0 bridgehead atoms. The molecule has 24 heavy (non-hydrogen) atoms. The molecular formula is C20H33NO3. The summed E-state index contributed by atoms with van der Waals surface area (Å²) >= 11 is 0. The fourth-order valence-electron chi connectivity index (χ4n) is 2.80. The summed E-state index contributed by atoms with van der Waals surface area (Å²) in [6, 6.07) is 3.92. The summed E-state index contributed by atoms with van der Waals surface area (Å²) in [5, 5.41) is 3.02. The van der Waals surface area contributed by atoms with E-state index < -0.39 is 5.60 Å². The zero-order valence-corrected chi connectivity index (χ0v) is 16.1. The third-order valence-electron chi connectivity index (χ3n) is 4.12. The highest BCUT2D eigenvalue weighted by Gasteiger charge is 2.33. The van der Waals surface area contributed by atoms with Gasteiger partial charge in [0.05, 0.1) is 6.61 Å². The molecular weight excluding hydrogens is 302 g/mol. The van der Waals surface area contributed by atoms with Gasteiger partial charge in [-0.15, -0.1) is 0 Å². The molecule has 0 aromatic heterocycles. The van der Waals surface area contributed by atoms with Crippen molar-refractivity contribution in [2.24, 2.45) is 0 Å². The minimum absolute atomic E-state index is 0.0844. The molecule has 1 rings (SSSR count). The number of hydrogen-bond acceptors (Lipinski definition) is 3. The molecule has 1 aromatic carbocycles. The van der Waals surface area contributed by atoms with Gasteiger partial charge in [-0.05, 0) is 63.8 Å². The van der Waals surface area contributed by atoms with E-state index in [9.17, 15) is 4.79 Å². The average Bonchev–Trinajstić information content (AvgIpc) is 2.52. The number of carbonyl (C=O) groups excluding carboxylic acids is 1. The molecule has 0 fully saturated rings. The molecule has 1 amide bonds. The Morgan fingerprint density at radius 3 is 2.25 bits per heavy atom. The summed E-state index contributed by atoms with van der Waals surface area (Å²) in [7, 11) is 0. The Labute approximate surface area is 146 Å². The lowest BCUT2D eigenvalue weighted by molar-refractivity contribution is -0.139. The van der Waals surface area contributed by atoms with E-state index in [1.54, 1.807) is 0 Å². The molecule has 0 radical (unpaired) electrons. The van der Waals surface area contributed by atoms with Gasteiger partial charge in [0.15, 0.2) is 0 Å². The largest absolute Gasteiger partial charge is 0.493 e. The number of anilines is 1. The Morgan fingerprint density at radius 1 is 1.12 bits per heavy atom. The summed E-state index contributed by atoms with van der Waals surface area (Å²) in [6.45, 7) is 13.2. The van der Waals surface area contributed by atoms with Crippen molar-refractivity contribution >= 4 is 11.6 Å². The van der Waals surface area contributed by atoms with Crippen LogP contribution in [0.25, 0.3) is 0 Å². The van der Waals surface area contributed by atoms with E-state index in [1.165, 1.54) is 0 Å². The molecule has 0 aliphatic carbocycles. The van der Waals surface area contributed by atoms with Crippen LogP contribution in [0.2, 0.25) is 0 Å². The molecule has 4 heteroatoms.